The number of aromatic nitrogens is 8. The maximum absolute atomic E-state index is 13.7. The molecule has 0 aliphatic carbocycles. The van der Waals surface area contributed by atoms with Crippen LogP contribution in [-0.4, -0.2) is 119 Å². The highest BCUT2D eigenvalue weighted by Gasteiger charge is 2.32. The van der Waals surface area contributed by atoms with Crippen molar-refractivity contribution < 1.29 is 19.1 Å². The minimum atomic E-state index is -0.125. The highest BCUT2D eigenvalue weighted by atomic mass is 16.5. The van der Waals surface area contributed by atoms with Crippen LogP contribution in [0.2, 0.25) is 0 Å². The maximum Gasteiger partial charge on any atom is 0.246 e. The Kier molecular flexibility index (Phi) is 12.7. The van der Waals surface area contributed by atoms with E-state index in [4.69, 9.17) is 30.4 Å². The Morgan fingerprint density at radius 3 is 1.65 bits per heavy atom. The zero-order valence-electron chi connectivity index (χ0n) is 38.3. The van der Waals surface area contributed by atoms with Crippen LogP contribution in [0, 0.1) is 0 Å². The number of nitrogen functional groups attached to an aromatic ring is 1. The molecule has 2 amide bonds. The number of nitrogens with one attached hydrogen (secondary N) is 1. The molecule has 4 aromatic carbocycles. The number of hydrogen-bond acceptors (Lipinski definition) is 13. The average molecular weight is 922 g/mol. The van der Waals surface area contributed by atoms with E-state index >= 15 is 0 Å². The number of nitrogens with zero attached hydrogens (tertiary/aromatic N) is 11. The van der Waals surface area contributed by atoms with Crippen LogP contribution in [0.1, 0.15) is 24.9 Å². The van der Waals surface area contributed by atoms with Crippen molar-refractivity contribution in [1.82, 2.24) is 54.2 Å². The number of anilines is 2. The number of carbonyl (C=O) groups excluding carboxylic acids is 2. The number of likely N-dealkylation sites (tertiary alicyclic amines) is 2. The summed E-state index contributed by atoms with van der Waals surface area (Å²) < 4.78 is 15.9. The van der Waals surface area contributed by atoms with Gasteiger partial charge in [0.15, 0.2) is 11.3 Å². The number of amides is 2. The molecular formula is C52H51N13O4. The molecule has 0 saturated carbocycles. The van der Waals surface area contributed by atoms with Gasteiger partial charge in [0.25, 0.3) is 0 Å². The summed E-state index contributed by atoms with van der Waals surface area (Å²) in [6.45, 7) is 3.09. The largest absolute Gasteiger partial charge is 0.457 e. The zero-order valence-corrected chi connectivity index (χ0v) is 38.3. The highest BCUT2D eigenvalue weighted by molar-refractivity contribution is 6.00. The Bertz CT molecular complexity index is 3150. The van der Waals surface area contributed by atoms with E-state index in [9.17, 15) is 9.59 Å². The molecule has 3 N–H and O–H groups in total. The van der Waals surface area contributed by atoms with Crippen molar-refractivity contribution in [2.75, 3.05) is 64.4 Å². The molecule has 0 radical (unpaired) electrons. The molecule has 4 aromatic heterocycles. The zero-order chi connectivity index (χ0) is 47.3. The van der Waals surface area contributed by atoms with Crippen molar-refractivity contribution in [3.63, 3.8) is 0 Å². The Hall–Kier alpha value is -8.44. The van der Waals surface area contributed by atoms with Crippen LogP contribution in [-0.2, 0) is 9.59 Å². The van der Waals surface area contributed by atoms with Gasteiger partial charge in [-0.3, -0.25) is 9.59 Å². The lowest BCUT2D eigenvalue weighted by Gasteiger charge is -2.15. The Morgan fingerprint density at radius 1 is 0.638 bits per heavy atom. The number of fused-ring (bicyclic) bond motifs is 2. The van der Waals surface area contributed by atoms with Crippen LogP contribution in [0.15, 0.2) is 146 Å². The quantitative estimate of drug-likeness (QED) is 0.0950. The van der Waals surface area contributed by atoms with E-state index in [0.29, 0.717) is 96.9 Å². The van der Waals surface area contributed by atoms with Crippen LogP contribution >= 0.6 is 0 Å². The summed E-state index contributed by atoms with van der Waals surface area (Å²) in [6.07, 6.45) is 11.3. The lowest BCUT2D eigenvalue weighted by Crippen LogP contribution is -2.28. The van der Waals surface area contributed by atoms with E-state index in [-0.39, 0.29) is 23.9 Å². The van der Waals surface area contributed by atoms with E-state index in [1.807, 2.05) is 153 Å². The van der Waals surface area contributed by atoms with Gasteiger partial charge in [0.1, 0.15) is 58.7 Å². The van der Waals surface area contributed by atoms with Gasteiger partial charge in [-0.2, -0.15) is 10.2 Å². The Balaban J connectivity index is 0.844. The Labute approximate surface area is 398 Å². The molecule has 2 unspecified atom stereocenters. The summed E-state index contributed by atoms with van der Waals surface area (Å²) in [5, 5.41) is 15.0. The van der Waals surface area contributed by atoms with Crippen LogP contribution in [0.25, 0.3) is 44.6 Å². The number of hydrogen-bond donors (Lipinski definition) is 2. The van der Waals surface area contributed by atoms with E-state index in [1.54, 1.807) is 18.2 Å². The number of rotatable bonds is 15. The molecule has 0 bridgehead atoms. The van der Waals surface area contributed by atoms with Crippen molar-refractivity contribution in [3.05, 3.63) is 146 Å². The smallest absolute Gasteiger partial charge is 0.246 e. The number of carbonyl (C=O) groups is 2. The van der Waals surface area contributed by atoms with Gasteiger partial charge >= 0.3 is 0 Å². The summed E-state index contributed by atoms with van der Waals surface area (Å²) in [4.78, 5) is 50.8. The number of nitrogens with two attached hydrogens (primary N) is 1. The van der Waals surface area contributed by atoms with Crippen LogP contribution in [0.5, 0.6) is 23.0 Å². The molecule has 2 atom stereocenters. The maximum atomic E-state index is 13.7. The number of ether oxygens (including phenoxy) is 2. The molecule has 17 nitrogen and oxygen atoms in total. The summed E-state index contributed by atoms with van der Waals surface area (Å²) in [5.41, 5.74) is 10.7. The van der Waals surface area contributed by atoms with Crippen molar-refractivity contribution >= 4 is 45.5 Å². The molecule has 2 saturated heterocycles. The third-order valence-corrected chi connectivity index (χ3v) is 12.2. The van der Waals surface area contributed by atoms with Gasteiger partial charge in [0.2, 0.25) is 11.8 Å². The first kappa shape index (κ1) is 44.4. The Morgan fingerprint density at radius 2 is 1.12 bits per heavy atom. The SMILES string of the molecule is CN(C)CC=CC(=O)N1CCC(n2nc(-c3ccc(Oc4ccccc4)cc3)c3c(NCC=CC(=O)N4CCC(n5nc(-c6ccc(Oc7ccccc7)cc6)c6c(N)ncnc65)C4)ncnc32)C1. The minimum absolute atomic E-state index is 0.0237. The number of para-hydroxylation sites is 2. The summed E-state index contributed by atoms with van der Waals surface area (Å²) in [6, 6.07) is 34.4. The third kappa shape index (κ3) is 9.71. The summed E-state index contributed by atoms with van der Waals surface area (Å²) in [5.74, 6) is 3.63. The molecule has 2 aliphatic heterocycles. The average Bonchev–Trinajstić information content (AvgIpc) is 4.20. The van der Waals surface area contributed by atoms with E-state index < -0.39 is 0 Å². The fourth-order valence-electron chi connectivity index (χ4n) is 8.80. The molecule has 6 heterocycles. The first-order chi connectivity index (χ1) is 33.8. The van der Waals surface area contributed by atoms with E-state index in [0.717, 1.165) is 34.4 Å². The molecule has 8 aromatic rings. The van der Waals surface area contributed by atoms with Gasteiger partial charge in [0, 0.05) is 62.5 Å². The van der Waals surface area contributed by atoms with Gasteiger partial charge < -0.3 is 35.2 Å². The molecule has 69 heavy (non-hydrogen) atoms. The van der Waals surface area contributed by atoms with Crippen molar-refractivity contribution in [1.29, 1.82) is 0 Å². The van der Waals surface area contributed by atoms with Crippen molar-refractivity contribution in [3.8, 4) is 45.5 Å². The second-order valence-electron chi connectivity index (χ2n) is 17.2. The monoisotopic (exact) mass is 921 g/mol. The molecule has 0 spiro atoms. The summed E-state index contributed by atoms with van der Waals surface area (Å²) >= 11 is 0. The van der Waals surface area contributed by atoms with Crippen LogP contribution in [0.4, 0.5) is 11.6 Å². The topological polar surface area (TPSA) is 188 Å². The number of likely N-dealkylation sites (N-methyl/N-ethyl adjacent to an activating group) is 1. The normalized spacial score (nSPS) is 16.2. The van der Waals surface area contributed by atoms with E-state index in [2.05, 4.69) is 20.3 Å². The number of benzene rings is 4. The van der Waals surface area contributed by atoms with Gasteiger partial charge in [-0.1, -0.05) is 48.6 Å². The standard InChI is InChI=1S/C52H51N13O4/c1-61(2)28-10-16-44(67)63-30-26-38(32-63)65-52-46(48(60-65)36-19-23-42(24-20-36)69-40-13-7-4-8-14-40)50(56-34-58-52)54-27-9-15-43(66)62-29-25-37(31-62)64-51-45(49(53)55-33-57-51)47(59-64)35-17-21-41(22-18-35)68-39-11-5-3-6-12-39/h3-24,33-34,37-38H,25-32H2,1-2H3,(H2,53,55,57)(H,54,56,58). The fraction of sp³-hybridized carbons (Fsp3) is 0.231. The first-order valence-corrected chi connectivity index (χ1v) is 22.9. The lowest BCUT2D eigenvalue weighted by molar-refractivity contribution is -0.125. The van der Waals surface area contributed by atoms with E-state index in [1.165, 1.54) is 12.7 Å². The molecule has 17 heteroatoms. The molecular weight excluding hydrogens is 871 g/mol. The van der Waals surface area contributed by atoms with Crippen molar-refractivity contribution in [2.45, 2.75) is 24.9 Å². The second-order valence-corrected chi connectivity index (χ2v) is 17.2. The molecule has 10 rings (SSSR count). The molecule has 2 fully saturated rings. The fourth-order valence-corrected chi connectivity index (χ4v) is 8.80. The second kappa shape index (κ2) is 19.8. The van der Waals surface area contributed by atoms with Gasteiger partial charge in [-0.25, -0.2) is 29.3 Å². The summed E-state index contributed by atoms with van der Waals surface area (Å²) in [7, 11) is 3.93. The predicted octanol–water partition coefficient (Wildman–Crippen LogP) is 7.80. The van der Waals surface area contributed by atoms with Crippen molar-refractivity contribution in [2.24, 2.45) is 0 Å². The van der Waals surface area contributed by atoms with Crippen LogP contribution in [0.3, 0.4) is 0 Å². The molecule has 2 aliphatic rings. The van der Waals surface area contributed by atoms with Crippen LogP contribution < -0.4 is 20.5 Å². The minimum Gasteiger partial charge on any atom is -0.457 e. The predicted molar refractivity (Wildman–Crippen MR) is 265 cm³/mol. The van der Waals surface area contributed by atoms with Gasteiger partial charge in [-0.15, -0.1) is 0 Å². The first-order valence-electron chi connectivity index (χ1n) is 22.9. The lowest BCUT2D eigenvalue weighted by atomic mass is 10.1. The highest BCUT2D eigenvalue weighted by Crippen LogP contribution is 2.37. The third-order valence-electron chi connectivity index (χ3n) is 12.2. The van der Waals surface area contributed by atoms with Gasteiger partial charge in [0.05, 0.1) is 22.9 Å². The van der Waals surface area contributed by atoms with Gasteiger partial charge in [-0.05, 0) is 99.7 Å². The molecule has 348 valence electrons.